The van der Waals surface area contributed by atoms with Gasteiger partial charge in [0.05, 0.1) is 13.2 Å². The maximum absolute atomic E-state index is 10.6. The monoisotopic (exact) mass is 408 g/mol. The van der Waals surface area contributed by atoms with Gasteiger partial charge in [0, 0.05) is 13.7 Å². The third-order valence-corrected chi connectivity index (χ3v) is 2.32. The molecule has 0 atom stereocenters. The number of nitrogens with one attached hydrogen (secondary N) is 1. The van der Waals surface area contributed by atoms with Gasteiger partial charge in [-0.3, -0.25) is 4.79 Å². The number of halogens is 1. The largest absolute Gasteiger partial charge is 0.484 e. The first-order valence-electron chi connectivity index (χ1n) is 6.14. The number of aliphatic imine (C=N–C) groups is 1. The van der Waals surface area contributed by atoms with Crippen molar-refractivity contribution in [1.29, 1.82) is 0 Å². The quantitative estimate of drug-likeness (QED) is 0.247. The van der Waals surface area contributed by atoms with Gasteiger partial charge in [-0.05, 0) is 17.7 Å². The zero-order chi connectivity index (χ0) is 14.8. The van der Waals surface area contributed by atoms with E-state index in [4.69, 9.17) is 20.9 Å². The van der Waals surface area contributed by atoms with Crippen molar-refractivity contribution in [2.24, 2.45) is 16.5 Å². The van der Waals surface area contributed by atoms with E-state index in [-0.39, 0.29) is 30.6 Å². The summed E-state index contributed by atoms with van der Waals surface area (Å²) in [7, 11) is 1.62. The average Bonchev–Trinajstić information content (AvgIpc) is 2.44. The minimum atomic E-state index is -0.514. The number of rotatable bonds is 8. The van der Waals surface area contributed by atoms with E-state index in [0.717, 1.165) is 5.56 Å². The number of benzene rings is 1. The molecule has 0 aromatic heterocycles. The van der Waals surface area contributed by atoms with Crippen molar-refractivity contribution in [3.05, 3.63) is 29.8 Å². The molecule has 1 rings (SSSR count). The lowest BCUT2D eigenvalue weighted by atomic mass is 10.2. The molecular weight excluding hydrogens is 387 g/mol. The van der Waals surface area contributed by atoms with Crippen LogP contribution in [0.25, 0.3) is 0 Å². The number of methoxy groups -OCH3 is 1. The average molecular weight is 408 g/mol. The second-order valence-corrected chi connectivity index (χ2v) is 4.02. The van der Waals surface area contributed by atoms with E-state index in [0.29, 0.717) is 31.4 Å². The highest BCUT2D eigenvalue weighted by atomic mass is 127. The number of nitrogens with zero attached hydrogens (tertiary/aromatic N) is 1. The van der Waals surface area contributed by atoms with Gasteiger partial charge in [0.2, 0.25) is 0 Å². The Morgan fingerprint density at radius 3 is 2.81 bits per heavy atom. The number of carbonyl (C=O) groups is 1. The summed E-state index contributed by atoms with van der Waals surface area (Å²) in [5.74, 6) is 0.410. The summed E-state index contributed by atoms with van der Waals surface area (Å²) < 4.78 is 10.1. The first-order valence-corrected chi connectivity index (χ1v) is 6.14. The Labute approximate surface area is 141 Å². The van der Waals surface area contributed by atoms with Crippen molar-refractivity contribution < 1.29 is 14.3 Å². The topological polar surface area (TPSA) is 112 Å². The molecule has 118 valence electrons. The number of hydrogen-bond donors (Lipinski definition) is 3. The summed E-state index contributed by atoms with van der Waals surface area (Å²) in [5, 5.41) is 2.92. The Morgan fingerprint density at radius 2 is 2.14 bits per heavy atom. The first kappa shape index (κ1) is 19.4. The van der Waals surface area contributed by atoms with Gasteiger partial charge in [0.25, 0.3) is 5.91 Å². The molecule has 0 aliphatic heterocycles. The number of nitrogens with two attached hydrogens (primary N) is 2. The highest BCUT2D eigenvalue weighted by molar-refractivity contribution is 14.0. The molecule has 1 aromatic rings. The Morgan fingerprint density at radius 1 is 1.38 bits per heavy atom. The van der Waals surface area contributed by atoms with Crippen LogP contribution in [0.5, 0.6) is 5.75 Å². The summed E-state index contributed by atoms with van der Waals surface area (Å²) in [6, 6.07) is 7.24. The third kappa shape index (κ3) is 9.08. The molecular formula is C13H21IN4O3. The lowest BCUT2D eigenvalue weighted by Gasteiger charge is -2.06. The minimum Gasteiger partial charge on any atom is -0.484 e. The highest BCUT2D eigenvalue weighted by Crippen LogP contribution is 2.13. The zero-order valence-corrected chi connectivity index (χ0v) is 14.2. The maximum Gasteiger partial charge on any atom is 0.255 e. The summed E-state index contributed by atoms with van der Waals surface area (Å²) in [4.78, 5) is 14.8. The zero-order valence-electron chi connectivity index (χ0n) is 11.9. The smallest absolute Gasteiger partial charge is 0.255 e. The predicted octanol–water partition coefficient (Wildman–Crippen LogP) is 0.219. The predicted molar refractivity (Wildman–Crippen MR) is 91.8 cm³/mol. The normalized spacial score (nSPS) is 10.6. The van der Waals surface area contributed by atoms with Crippen LogP contribution in [0.2, 0.25) is 0 Å². The van der Waals surface area contributed by atoms with Crippen LogP contribution in [-0.4, -0.2) is 38.7 Å². The molecule has 0 bridgehead atoms. The highest BCUT2D eigenvalue weighted by Gasteiger charge is 1.99. The summed E-state index contributed by atoms with van der Waals surface area (Å²) in [5.41, 5.74) is 11.6. The lowest BCUT2D eigenvalue weighted by molar-refractivity contribution is -0.119. The third-order valence-electron chi connectivity index (χ3n) is 2.32. The van der Waals surface area contributed by atoms with Gasteiger partial charge >= 0.3 is 0 Å². The Hall–Kier alpha value is -1.55. The number of primary amides is 1. The molecule has 0 radical (unpaired) electrons. The number of ether oxygens (including phenoxy) is 2. The van der Waals surface area contributed by atoms with Crippen molar-refractivity contribution >= 4 is 35.8 Å². The molecule has 5 N–H and O–H groups in total. The first-order chi connectivity index (χ1) is 9.61. The molecule has 1 amide bonds. The van der Waals surface area contributed by atoms with E-state index in [1.165, 1.54) is 0 Å². The van der Waals surface area contributed by atoms with Gasteiger partial charge in [-0.1, -0.05) is 12.1 Å². The molecule has 0 spiro atoms. The minimum absolute atomic E-state index is 0. The number of carbonyl (C=O) groups excluding carboxylic acids is 1. The van der Waals surface area contributed by atoms with Crippen LogP contribution in [0.3, 0.4) is 0 Å². The van der Waals surface area contributed by atoms with E-state index >= 15 is 0 Å². The Balaban J connectivity index is 0.00000400. The van der Waals surface area contributed by atoms with Gasteiger partial charge in [-0.25, -0.2) is 4.99 Å². The Bertz CT molecular complexity index is 468. The summed E-state index contributed by atoms with van der Waals surface area (Å²) in [6.07, 6.45) is 0. The second-order valence-electron chi connectivity index (χ2n) is 4.02. The van der Waals surface area contributed by atoms with Gasteiger partial charge in [-0.2, -0.15) is 0 Å². The van der Waals surface area contributed by atoms with Crippen molar-refractivity contribution in [1.82, 2.24) is 5.32 Å². The van der Waals surface area contributed by atoms with Gasteiger partial charge in [0.15, 0.2) is 12.6 Å². The Kier molecular flexibility index (Phi) is 10.3. The van der Waals surface area contributed by atoms with Crippen LogP contribution >= 0.6 is 24.0 Å². The van der Waals surface area contributed by atoms with Crippen molar-refractivity contribution in [3.8, 4) is 5.75 Å². The number of amides is 1. The molecule has 0 aliphatic rings. The van der Waals surface area contributed by atoms with Crippen LogP contribution in [0, 0.1) is 0 Å². The fourth-order valence-electron chi connectivity index (χ4n) is 1.40. The fourth-order valence-corrected chi connectivity index (χ4v) is 1.40. The molecule has 0 saturated carbocycles. The lowest BCUT2D eigenvalue weighted by Crippen LogP contribution is -2.34. The van der Waals surface area contributed by atoms with Gasteiger partial charge < -0.3 is 26.3 Å². The molecule has 7 nitrogen and oxygen atoms in total. The molecule has 0 aliphatic carbocycles. The van der Waals surface area contributed by atoms with Crippen molar-refractivity contribution in [2.75, 3.05) is 26.9 Å². The van der Waals surface area contributed by atoms with Crippen molar-refractivity contribution in [2.45, 2.75) is 6.54 Å². The van der Waals surface area contributed by atoms with Gasteiger partial charge in [0.1, 0.15) is 5.75 Å². The molecule has 0 heterocycles. The molecule has 8 heteroatoms. The molecule has 0 unspecified atom stereocenters. The van der Waals surface area contributed by atoms with E-state index in [9.17, 15) is 4.79 Å². The van der Waals surface area contributed by atoms with Gasteiger partial charge in [-0.15, -0.1) is 24.0 Å². The van der Waals surface area contributed by atoms with Crippen LogP contribution in [0.1, 0.15) is 5.56 Å². The van der Waals surface area contributed by atoms with E-state index in [2.05, 4.69) is 10.3 Å². The number of hydrogen-bond acceptors (Lipinski definition) is 4. The van der Waals surface area contributed by atoms with E-state index in [1.807, 2.05) is 12.1 Å². The number of guanidine groups is 1. The summed E-state index contributed by atoms with van der Waals surface area (Å²) >= 11 is 0. The SMILES string of the molecule is COCCNC(N)=NCc1cccc(OCC(N)=O)c1.I. The molecule has 0 fully saturated rings. The van der Waals surface area contributed by atoms with Crippen LogP contribution in [0.4, 0.5) is 0 Å². The molecule has 1 aromatic carbocycles. The summed E-state index contributed by atoms with van der Waals surface area (Å²) in [6.45, 7) is 1.44. The van der Waals surface area contributed by atoms with Crippen LogP contribution < -0.4 is 21.5 Å². The van der Waals surface area contributed by atoms with Crippen molar-refractivity contribution in [3.63, 3.8) is 0 Å². The standard InChI is InChI=1S/C13H20N4O3.HI/c1-19-6-5-16-13(15)17-8-10-3-2-4-11(7-10)20-9-12(14)18;/h2-4,7H,5-6,8-9H2,1H3,(H2,14,18)(H3,15,16,17);1H. The van der Waals surface area contributed by atoms with E-state index < -0.39 is 5.91 Å². The van der Waals surface area contributed by atoms with E-state index in [1.54, 1.807) is 19.2 Å². The van der Waals surface area contributed by atoms with Crippen LogP contribution in [0.15, 0.2) is 29.3 Å². The molecule has 0 saturated heterocycles. The molecule has 21 heavy (non-hydrogen) atoms. The van der Waals surface area contributed by atoms with Crippen LogP contribution in [-0.2, 0) is 16.1 Å². The fraction of sp³-hybridized carbons (Fsp3) is 0.385. The second kappa shape index (κ2) is 11.1. The maximum atomic E-state index is 10.6.